The van der Waals surface area contributed by atoms with Crippen LogP contribution >= 0.6 is 0 Å². The van der Waals surface area contributed by atoms with Crippen molar-refractivity contribution in [3.05, 3.63) is 93.8 Å². The molecule has 2 aromatic carbocycles. The highest BCUT2D eigenvalue weighted by atomic mass is 19.3. The molecule has 0 spiro atoms. The standard InChI is InChI=1S/C40H41F4N5O6/c1-22-14-34(54-38-29(41)6-5-7-30(38)42)46-20-31(22)49-39(45)28(19-47-49)37(52)26-15-24-17-27(32(18-25(24)16-26)53-21-33(43)44)23-10-12-48(13-11-23)35(50)8-9-36(51)55-40(2,3)4/h5-7,14,16-20,23,33H,8-13,15,21,45H2,1-4H3. The van der Waals surface area contributed by atoms with Crippen LogP contribution in [0.5, 0.6) is 17.4 Å². The normalized spacial score (nSPS) is 14.5. The number of carbonyl (C=O) groups excluding carboxylic acids is 3. The first-order chi connectivity index (χ1) is 26.1. The first-order valence-electron chi connectivity index (χ1n) is 17.8. The molecule has 4 aromatic rings. The van der Waals surface area contributed by atoms with Gasteiger partial charge >= 0.3 is 5.97 Å². The molecule has 1 amide bonds. The SMILES string of the molecule is Cc1cc(Oc2c(F)cccc2F)ncc1-n1ncc(C(=O)C2=Cc3cc(OCC(F)F)c(C4CCN(C(=O)CCC(=O)OC(C)(C)C)CC4)cc3C2)c1N. The Hall–Kier alpha value is -5.73. The zero-order valence-electron chi connectivity index (χ0n) is 30.8. The van der Waals surface area contributed by atoms with Gasteiger partial charge in [0.2, 0.25) is 17.5 Å². The van der Waals surface area contributed by atoms with Crippen LogP contribution in [0.2, 0.25) is 0 Å². The highest BCUT2D eigenvalue weighted by Gasteiger charge is 2.30. The lowest BCUT2D eigenvalue weighted by Crippen LogP contribution is -2.38. The molecule has 0 unspecified atom stereocenters. The van der Waals surface area contributed by atoms with E-state index in [1.54, 1.807) is 44.7 Å². The summed E-state index contributed by atoms with van der Waals surface area (Å²) in [7, 11) is 0. The second-order valence-corrected chi connectivity index (χ2v) is 14.5. The van der Waals surface area contributed by atoms with E-state index in [0.29, 0.717) is 54.1 Å². The van der Waals surface area contributed by atoms with Crippen molar-refractivity contribution >= 4 is 29.6 Å². The maximum absolute atomic E-state index is 14.1. The summed E-state index contributed by atoms with van der Waals surface area (Å²) in [5.74, 6) is -3.17. The number of hydrogen-bond donors (Lipinski definition) is 1. The molecular formula is C40H41F4N5O6. The number of nitrogens with zero attached hydrogens (tertiary/aromatic N) is 4. The number of carbonyl (C=O) groups is 3. The van der Waals surface area contributed by atoms with Gasteiger partial charge in [0.1, 0.15) is 23.8 Å². The van der Waals surface area contributed by atoms with E-state index in [-0.39, 0.29) is 54.1 Å². The Morgan fingerprint density at radius 1 is 1.02 bits per heavy atom. The van der Waals surface area contributed by atoms with Gasteiger partial charge in [0.05, 0.1) is 30.1 Å². The number of Topliss-reactive ketones (excluding diaryl/α,β-unsaturated/α-hetero) is 1. The Morgan fingerprint density at radius 2 is 1.73 bits per heavy atom. The number of likely N-dealkylation sites (tertiary alicyclic amines) is 1. The van der Waals surface area contributed by atoms with Gasteiger partial charge in [-0.15, -0.1) is 0 Å². The Kier molecular flexibility index (Phi) is 11.3. The molecule has 0 saturated carbocycles. The largest absolute Gasteiger partial charge is 0.487 e. The third kappa shape index (κ3) is 8.98. The molecule has 1 aliphatic carbocycles. The van der Waals surface area contributed by atoms with Gasteiger partial charge in [-0.3, -0.25) is 14.4 Å². The molecule has 2 N–H and O–H groups in total. The maximum atomic E-state index is 14.1. The molecule has 55 heavy (non-hydrogen) atoms. The van der Waals surface area contributed by atoms with Gasteiger partial charge in [-0.2, -0.15) is 5.10 Å². The number of benzene rings is 2. The highest BCUT2D eigenvalue weighted by molar-refractivity contribution is 6.15. The molecule has 1 aliphatic heterocycles. The number of hydrogen-bond acceptors (Lipinski definition) is 9. The van der Waals surface area contributed by atoms with Gasteiger partial charge in [-0.1, -0.05) is 12.1 Å². The first kappa shape index (κ1) is 39.0. The number of alkyl halides is 2. The lowest BCUT2D eigenvalue weighted by atomic mass is 9.86. The lowest BCUT2D eigenvalue weighted by Gasteiger charge is -2.33. The molecule has 1 fully saturated rings. The van der Waals surface area contributed by atoms with Gasteiger partial charge < -0.3 is 24.8 Å². The van der Waals surface area contributed by atoms with Crippen molar-refractivity contribution in [2.45, 2.75) is 77.7 Å². The number of piperidine rings is 1. The molecular weight excluding hydrogens is 722 g/mol. The Morgan fingerprint density at radius 3 is 2.38 bits per heavy atom. The number of anilines is 1. The second-order valence-electron chi connectivity index (χ2n) is 14.5. The number of aryl methyl sites for hydroxylation is 1. The van der Waals surface area contributed by atoms with E-state index in [4.69, 9.17) is 19.9 Å². The van der Waals surface area contributed by atoms with Crippen molar-refractivity contribution in [3.8, 4) is 23.1 Å². The number of esters is 1. The molecule has 6 rings (SSSR count). The van der Waals surface area contributed by atoms with Crippen molar-refractivity contribution in [2.24, 2.45) is 0 Å². The summed E-state index contributed by atoms with van der Waals surface area (Å²) in [4.78, 5) is 44.7. The van der Waals surface area contributed by atoms with Crippen LogP contribution in [0.3, 0.4) is 0 Å². The van der Waals surface area contributed by atoms with Crippen LogP contribution < -0.4 is 15.2 Å². The summed E-state index contributed by atoms with van der Waals surface area (Å²) in [5, 5.41) is 4.31. The summed E-state index contributed by atoms with van der Waals surface area (Å²) in [6, 6.07) is 8.36. The zero-order chi connectivity index (χ0) is 39.6. The summed E-state index contributed by atoms with van der Waals surface area (Å²) in [6.45, 7) is 7.02. The van der Waals surface area contributed by atoms with E-state index in [2.05, 4.69) is 10.1 Å². The van der Waals surface area contributed by atoms with E-state index in [9.17, 15) is 31.9 Å². The number of nitrogens with two attached hydrogens (primary N) is 1. The third-order valence-corrected chi connectivity index (χ3v) is 9.35. The summed E-state index contributed by atoms with van der Waals surface area (Å²) in [5.41, 5.74) is 9.47. The molecule has 3 heterocycles. The van der Waals surface area contributed by atoms with Gasteiger partial charge in [-0.05, 0) is 93.0 Å². The molecule has 1 saturated heterocycles. The lowest BCUT2D eigenvalue weighted by molar-refractivity contribution is -0.156. The van der Waals surface area contributed by atoms with Crippen molar-refractivity contribution < 1.29 is 46.2 Å². The molecule has 2 aromatic heterocycles. The van der Waals surface area contributed by atoms with Crippen LogP contribution in [0.25, 0.3) is 11.8 Å². The number of amides is 1. The minimum absolute atomic E-state index is 0.0198. The van der Waals surface area contributed by atoms with Crippen molar-refractivity contribution in [1.29, 1.82) is 0 Å². The van der Waals surface area contributed by atoms with Crippen LogP contribution in [0.15, 0.2) is 54.4 Å². The predicted molar refractivity (Wildman–Crippen MR) is 195 cm³/mol. The van der Waals surface area contributed by atoms with Crippen LogP contribution in [-0.4, -0.2) is 69.0 Å². The number of rotatable bonds is 12. The third-order valence-electron chi connectivity index (χ3n) is 9.35. The molecule has 0 radical (unpaired) electrons. The fourth-order valence-corrected chi connectivity index (χ4v) is 6.72. The van der Waals surface area contributed by atoms with E-state index in [0.717, 1.165) is 23.3 Å². The van der Waals surface area contributed by atoms with Crippen molar-refractivity contribution in [3.63, 3.8) is 0 Å². The molecule has 0 atom stereocenters. The maximum Gasteiger partial charge on any atom is 0.306 e. The van der Waals surface area contributed by atoms with Crippen molar-refractivity contribution in [2.75, 3.05) is 25.4 Å². The summed E-state index contributed by atoms with van der Waals surface area (Å²) < 4.78 is 72.4. The zero-order valence-corrected chi connectivity index (χ0v) is 30.8. The highest BCUT2D eigenvalue weighted by Crippen LogP contribution is 2.40. The smallest absolute Gasteiger partial charge is 0.306 e. The molecule has 2 aliphatic rings. The van der Waals surface area contributed by atoms with Gasteiger partial charge in [0, 0.05) is 37.6 Å². The number of nitrogen functional groups attached to an aromatic ring is 1. The van der Waals surface area contributed by atoms with E-state index in [1.807, 2.05) is 6.07 Å². The predicted octanol–water partition coefficient (Wildman–Crippen LogP) is 7.52. The van der Waals surface area contributed by atoms with E-state index < -0.39 is 42.0 Å². The first-order valence-corrected chi connectivity index (χ1v) is 17.8. The van der Waals surface area contributed by atoms with E-state index in [1.165, 1.54) is 29.2 Å². The van der Waals surface area contributed by atoms with Gasteiger partial charge in [-0.25, -0.2) is 27.2 Å². The Labute approximate surface area is 315 Å². The number of aromatic nitrogens is 3. The molecule has 0 bridgehead atoms. The number of ketones is 1. The van der Waals surface area contributed by atoms with Crippen molar-refractivity contribution in [1.82, 2.24) is 19.7 Å². The minimum atomic E-state index is -2.70. The minimum Gasteiger partial charge on any atom is -0.487 e. The average molecular weight is 764 g/mol. The summed E-state index contributed by atoms with van der Waals surface area (Å²) in [6.07, 6.45) is 3.05. The second kappa shape index (κ2) is 15.9. The van der Waals surface area contributed by atoms with Gasteiger partial charge in [0.25, 0.3) is 6.43 Å². The molecule has 290 valence electrons. The number of para-hydroxylation sites is 1. The topological polar surface area (TPSA) is 139 Å². The van der Waals surface area contributed by atoms with Gasteiger partial charge in [0.15, 0.2) is 17.4 Å². The van der Waals surface area contributed by atoms with Crippen LogP contribution in [-0.2, 0) is 20.7 Å². The number of fused-ring (bicyclic) bond motifs is 1. The fourth-order valence-electron chi connectivity index (χ4n) is 6.72. The van der Waals surface area contributed by atoms with Crippen LogP contribution in [0, 0.1) is 18.6 Å². The number of allylic oxidation sites excluding steroid dienone is 1. The monoisotopic (exact) mass is 763 g/mol. The van der Waals surface area contributed by atoms with E-state index >= 15 is 0 Å². The number of ether oxygens (including phenoxy) is 3. The van der Waals surface area contributed by atoms with Crippen LogP contribution in [0.1, 0.15) is 85.0 Å². The quantitative estimate of drug-likeness (QED) is 0.0882. The molecule has 15 heteroatoms. The fraction of sp³-hybridized carbons (Fsp3) is 0.375. The molecule has 11 nitrogen and oxygen atoms in total. The number of halogens is 4. The van der Waals surface area contributed by atoms with Crippen LogP contribution in [0.4, 0.5) is 23.4 Å². The Bertz CT molecular complexity index is 2130. The summed E-state index contributed by atoms with van der Waals surface area (Å²) >= 11 is 0. The average Bonchev–Trinajstić information content (AvgIpc) is 3.73. The number of pyridine rings is 1. The Balaban J connectivity index is 1.15.